The molecule has 0 saturated heterocycles. The van der Waals surface area contributed by atoms with E-state index in [1.165, 1.54) is 11.4 Å². The van der Waals surface area contributed by atoms with Gasteiger partial charge in [0.15, 0.2) is 0 Å². The van der Waals surface area contributed by atoms with Crippen molar-refractivity contribution >= 4 is 19.9 Å². The van der Waals surface area contributed by atoms with Gasteiger partial charge in [-0.3, -0.25) is 0 Å². The number of nitrogens with zero attached hydrogens (tertiary/aromatic N) is 1. The Bertz CT molecular complexity index is 451. The number of hydrogen-bond acceptors (Lipinski definition) is 5. The summed E-state index contributed by atoms with van der Waals surface area (Å²) in [5.41, 5.74) is 5.62. The first kappa shape index (κ1) is 14.9. The average Bonchev–Trinajstić information content (AvgIpc) is 2.11. The predicted molar refractivity (Wildman–Crippen MR) is 66.8 cm³/mol. The van der Waals surface area contributed by atoms with Crippen molar-refractivity contribution in [2.24, 2.45) is 11.7 Å². The van der Waals surface area contributed by atoms with E-state index < -0.39 is 19.9 Å². The zero-order chi connectivity index (χ0) is 13.3. The number of hydrogen-bond donors (Lipinski definition) is 1. The minimum absolute atomic E-state index is 0.187. The van der Waals surface area contributed by atoms with Crippen LogP contribution in [0.4, 0.5) is 0 Å². The highest BCUT2D eigenvalue weighted by Gasteiger charge is 2.30. The molecule has 0 amide bonds. The first-order valence-electron chi connectivity index (χ1n) is 5.47. The molecule has 102 valence electrons. The molecule has 0 aromatic heterocycles. The van der Waals surface area contributed by atoms with Crippen LogP contribution in [0.5, 0.6) is 0 Å². The van der Waals surface area contributed by atoms with Crippen molar-refractivity contribution in [3.05, 3.63) is 0 Å². The summed E-state index contributed by atoms with van der Waals surface area (Å²) < 4.78 is 46.6. The zero-order valence-electron chi connectivity index (χ0n) is 10.2. The van der Waals surface area contributed by atoms with E-state index in [2.05, 4.69) is 0 Å². The topological polar surface area (TPSA) is 97.5 Å². The van der Waals surface area contributed by atoms with Crippen LogP contribution in [-0.2, 0) is 19.9 Å². The van der Waals surface area contributed by atoms with Gasteiger partial charge < -0.3 is 5.73 Å². The van der Waals surface area contributed by atoms with Gasteiger partial charge in [-0.2, -0.15) is 0 Å². The smallest absolute Gasteiger partial charge is 0.214 e. The highest BCUT2D eigenvalue weighted by atomic mass is 32.2. The summed E-state index contributed by atoms with van der Waals surface area (Å²) in [5.74, 6) is -0.367. The lowest BCUT2D eigenvalue weighted by atomic mass is 9.81. The average molecular weight is 284 g/mol. The van der Waals surface area contributed by atoms with Gasteiger partial charge in [-0.15, -0.1) is 0 Å². The molecule has 0 heterocycles. The highest BCUT2D eigenvalue weighted by Crippen LogP contribution is 2.26. The first-order chi connectivity index (χ1) is 7.60. The third-order valence-electron chi connectivity index (χ3n) is 2.97. The molecule has 0 spiro atoms. The minimum Gasteiger partial charge on any atom is -0.328 e. The molecule has 1 aliphatic rings. The van der Waals surface area contributed by atoms with E-state index in [1.54, 1.807) is 0 Å². The maximum atomic E-state index is 11.8. The van der Waals surface area contributed by atoms with Crippen molar-refractivity contribution in [2.75, 3.05) is 31.4 Å². The fraction of sp³-hybridized carbons (Fsp3) is 1.00. The molecule has 0 radical (unpaired) electrons. The Labute approximate surface area is 103 Å². The van der Waals surface area contributed by atoms with E-state index in [1.807, 2.05) is 0 Å². The van der Waals surface area contributed by atoms with Crippen LogP contribution in [0, 0.1) is 5.92 Å². The summed E-state index contributed by atoms with van der Waals surface area (Å²) in [5, 5.41) is 0. The summed E-state index contributed by atoms with van der Waals surface area (Å²) in [6.07, 6.45) is 2.71. The number of nitrogens with two attached hydrogens (primary N) is 1. The fourth-order valence-electron chi connectivity index (χ4n) is 1.83. The Morgan fingerprint density at radius 2 is 1.71 bits per heavy atom. The quantitative estimate of drug-likeness (QED) is 0.677. The van der Waals surface area contributed by atoms with Crippen LogP contribution < -0.4 is 5.73 Å². The highest BCUT2D eigenvalue weighted by molar-refractivity contribution is 7.93. The molecule has 17 heavy (non-hydrogen) atoms. The van der Waals surface area contributed by atoms with Crippen LogP contribution in [0.1, 0.15) is 12.8 Å². The first-order valence-corrected chi connectivity index (χ1v) is 9.14. The molecule has 0 aromatic rings. The van der Waals surface area contributed by atoms with Crippen LogP contribution in [-0.4, -0.2) is 58.5 Å². The van der Waals surface area contributed by atoms with Crippen LogP contribution in [0.25, 0.3) is 0 Å². The second-order valence-corrected chi connectivity index (χ2v) is 9.28. The van der Waals surface area contributed by atoms with Crippen molar-refractivity contribution in [3.8, 4) is 0 Å². The standard InChI is InChI=1S/C9H20N2O4S2/c1-11(7-8-5-9(10)6-8)17(14,15)4-3-16(2,12)13/h8-9H,3-7,10H2,1-2H3. The molecule has 0 unspecified atom stereocenters. The van der Waals surface area contributed by atoms with Gasteiger partial charge in [0, 0.05) is 25.9 Å². The van der Waals surface area contributed by atoms with Gasteiger partial charge in [0.05, 0.1) is 11.5 Å². The lowest BCUT2D eigenvalue weighted by molar-refractivity contribution is 0.227. The lowest BCUT2D eigenvalue weighted by Crippen LogP contribution is -2.44. The van der Waals surface area contributed by atoms with Crippen LogP contribution in [0.2, 0.25) is 0 Å². The third kappa shape index (κ3) is 4.90. The predicted octanol–water partition coefficient (Wildman–Crippen LogP) is -0.970. The van der Waals surface area contributed by atoms with Crippen LogP contribution in [0.3, 0.4) is 0 Å². The molecule has 0 aromatic carbocycles. The fourth-order valence-corrected chi connectivity index (χ4v) is 4.63. The van der Waals surface area contributed by atoms with Crippen LogP contribution >= 0.6 is 0 Å². The Kier molecular flexibility index (Phi) is 4.56. The van der Waals surface area contributed by atoms with Crippen molar-refractivity contribution in [3.63, 3.8) is 0 Å². The Morgan fingerprint density at radius 3 is 2.12 bits per heavy atom. The van der Waals surface area contributed by atoms with Crippen molar-refractivity contribution < 1.29 is 16.8 Å². The second-order valence-electron chi connectivity index (χ2n) is 4.82. The molecular weight excluding hydrogens is 264 g/mol. The third-order valence-corrected chi connectivity index (χ3v) is 6.00. The van der Waals surface area contributed by atoms with Crippen molar-refractivity contribution in [1.29, 1.82) is 0 Å². The monoisotopic (exact) mass is 284 g/mol. The molecule has 0 aliphatic heterocycles. The van der Waals surface area contributed by atoms with Gasteiger partial charge in [-0.05, 0) is 18.8 Å². The molecule has 0 bridgehead atoms. The van der Waals surface area contributed by atoms with E-state index in [9.17, 15) is 16.8 Å². The Hall–Kier alpha value is -0.180. The summed E-state index contributed by atoms with van der Waals surface area (Å²) >= 11 is 0. The number of sulfone groups is 1. The molecule has 1 fully saturated rings. The molecule has 0 atom stereocenters. The maximum absolute atomic E-state index is 11.8. The van der Waals surface area contributed by atoms with Gasteiger partial charge in [-0.25, -0.2) is 21.1 Å². The van der Waals surface area contributed by atoms with Gasteiger partial charge >= 0.3 is 0 Å². The summed E-state index contributed by atoms with van der Waals surface area (Å²) in [7, 11) is -5.23. The zero-order valence-corrected chi connectivity index (χ0v) is 11.8. The SMILES string of the molecule is CN(CC1CC(N)C1)S(=O)(=O)CCS(C)(=O)=O. The number of sulfonamides is 1. The molecule has 1 rings (SSSR count). The van der Waals surface area contributed by atoms with Crippen LogP contribution in [0.15, 0.2) is 0 Å². The Morgan fingerprint density at radius 1 is 1.18 bits per heavy atom. The largest absolute Gasteiger partial charge is 0.328 e. The minimum atomic E-state index is -3.47. The van der Waals surface area contributed by atoms with Gasteiger partial charge in [0.25, 0.3) is 0 Å². The van der Waals surface area contributed by atoms with Crippen molar-refractivity contribution in [2.45, 2.75) is 18.9 Å². The van der Waals surface area contributed by atoms with E-state index in [-0.39, 0.29) is 17.5 Å². The van der Waals surface area contributed by atoms with E-state index in [0.717, 1.165) is 19.1 Å². The van der Waals surface area contributed by atoms with E-state index >= 15 is 0 Å². The normalized spacial score (nSPS) is 25.9. The lowest BCUT2D eigenvalue weighted by Gasteiger charge is -2.34. The maximum Gasteiger partial charge on any atom is 0.214 e. The van der Waals surface area contributed by atoms with Gasteiger partial charge in [0.2, 0.25) is 10.0 Å². The molecule has 6 nitrogen and oxygen atoms in total. The van der Waals surface area contributed by atoms with E-state index in [0.29, 0.717) is 12.5 Å². The van der Waals surface area contributed by atoms with E-state index in [4.69, 9.17) is 5.73 Å². The molecule has 8 heteroatoms. The van der Waals surface area contributed by atoms with Crippen molar-refractivity contribution in [1.82, 2.24) is 4.31 Å². The second kappa shape index (κ2) is 5.21. The van der Waals surface area contributed by atoms with Gasteiger partial charge in [-0.1, -0.05) is 0 Å². The summed E-state index contributed by atoms with van der Waals surface area (Å²) in [6.45, 7) is 0.430. The summed E-state index contributed by atoms with van der Waals surface area (Å²) in [6, 6.07) is 0.187. The molecular formula is C9H20N2O4S2. The van der Waals surface area contributed by atoms with Gasteiger partial charge in [0.1, 0.15) is 9.84 Å². The molecule has 1 saturated carbocycles. The molecule has 2 N–H and O–H groups in total. The summed E-state index contributed by atoms with van der Waals surface area (Å²) in [4.78, 5) is 0. The Balaban J connectivity index is 2.46. The molecule has 1 aliphatic carbocycles. The number of rotatable bonds is 6.